The van der Waals surface area contributed by atoms with Crippen LogP contribution < -0.4 is 24.4 Å². The number of alkyl halides is 1. The van der Waals surface area contributed by atoms with Crippen LogP contribution in [0.15, 0.2) is 59.6 Å². The topological polar surface area (TPSA) is 117 Å². The summed E-state index contributed by atoms with van der Waals surface area (Å²) in [5.74, 6) is 1.10. The minimum Gasteiger partial charge on any atom is -0.493 e. The van der Waals surface area contributed by atoms with Crippen molar-refractivity contribution in [3.05, 3.63) is 76.9 Å². The number of para-hydroxylation sites is 1. The van der Waals surface area contributed by atoms with Gasteiger partial charge < -0.3 is 33.7 Å². The fourth-order valence-electron chi connectivity index (χ4n) is 5.13. The lowest BCUT2D eigenvalue weighted by atomic mass is 10.1. The number of fused-ring (bicyclic) bond motifs is 4. The second kappa shape index (κ2) is 15.8. The van der Waals surface area contributed by atoms with Crippen LogP contribution in [0.5, 0.6) is 17.2 Å². The van der Waals surface area contributed by atoms with Gasteiger partial charge >= 0.3 is 6.09 Å². The van der Waals surface area contributed by atoms with E-state index in [0.717, 1.165) is 22.4 Å². The fourth-order valence-corrected chi connectivity index (χ4v) is 5.45. The highest BCUT2D eigenvalue weighted by Crippen LogP contribution is 2.41. The van der Waals surface area contributed by atoms with Crippen LogP contribution >= 0.6 is 15.9 Å². The predicted octanol–water partition coefficient (Wildman–Crippen LogP) is 5.22. The first-order chi connectivity index (χ1) is 22.0. The van der Waals surface area contributed by atoms with Gasteiger partial charge in [0.2, 0.25) is 0 Å². The van der Waals surface area contributed by atoms with Crippen LogP contribution in [0.25, 0.3) is 0 Å². The Morgan fingerprint density at radius 2 is 1.76 bits per heavy atom. The van der Waals surface area contributed by atoms with Crippen molar-refractivity contribution in [3.8, 4) is 17.2 Å². The van der Waals surface area contributed by atoms with Crippen molar-refractivity contribution in [1.82, 2.24) is 5.32 Å². The standard InChI is InChI=1S/C33H36BrN3O8/c1-40-9-10-43-12-11-42-8-7-35-33(39)45-26-14-22(19-34)13-23(15-26)21-44-31-18-28-27(17-30(31)41-2)32(38)37-25(20-36-28)16-24-5-3-4-6-29(24)37/h3-6,13-15,17-18,20,25H,7-12,16,19,21H2,1-2H3,(H,35,39)/t25-/m0/s1. The van der Waals surface area contributed by atoms with Gasteiger partial charge in [-0.3, -0.25) is 14.7 Å². The lowest BCUT2D eigenvalue weighted by molar-refractivity contribution is 0.0257. The van der Waals surface area contributed by atoms with E-state index in [2.05, 4.69) is 26.2 Å². The van der Waals surface area contributed by atoms with Crippen molar-refractivity contribution < 1.29 is 38.0 Å². The Hall–Kier alpha value is -3.97. The number of carbonyl (C=O) groups excluding carboxylic acids is 2. The van der Waals surface area contributed by atoms with Gasteiger partial charge in [-0.1, -0.05) is 40.2 Å². The number of amides is 2. The number of anilines is 1. The number of methoxy groups -OCH3 is 2. The molecular weight excluding hydrogens is 646 g/mol. The van der Waals surface area contributed by atoms with E-state index >= 15 is 0 Å². The van der Waals surface area contributed by atoms with Crippen molar-refractivity contribution in [3.63, 3.8) is 0 Å². The number of nitrogens with zero attached hydrogens (tertiary/aromatic N) is 2. The number of nitrogens with one attached hydrogen (secondary N) is 1. The maximum atomic E-state index is 13.7. The molecule has 2 aliphatic rings. The minimum absolute atomic E-state index is 0.133. The molecule has 238 valence electrons. The molecule has 0 bridgehead atoms. The Kier molecular flexibility index (Phi) is 11.4. The first-order valence-corrected chi connectivity index (χ1v) is 15.7. The molecule has 2 amide bonds. The Morgan fingerprint density at radius 1 is 0.978 bits per heavy atom. The van der Waals surface area contributed by atoms with E-state index in [-0.39, 0.29) is 18.6 Å². The number of rotatable bonds is 15. The van der Waals surface area contributed by atoms with Gasteiger partial charge in [-0.25, -0.2) is 4.79 Å². The number of hydrogen-bond acceptors (Lipinski definition) is 9. The SMILES string of the molecule is COCCOCCOCCNC(=O)Oc1cc(CBr)cc(COc2cc3c(cc2OC)C(=O)N2c4ccccc4C[C@H]2C=N3)c1. The van der Waals surface area contributed by atoms with Gasteiger partial charge in [0.15, 0.2) is 11.5 Å². The molecule has 3 aromatic carbocycles. The zero-order valence-corrected chi connectivity index (χ0v) is 26.8. The highest BCUT2D eigenvalue weighted by atomic mass is 79.9. The summed E-state index contributed by atoms with van der Waals surface area (Å²) in [5, 5.41) is 3.23. The number of aliphatic imine (C=N–C) groups is 1. The van der Waals surface area contributed by atoms with Crippen LogP contribution in [0.2, 0.25) is 0 Å². The molecule has 0 fully saturated rings. The van der Waals surface area contributed by atoms with E-state index in [1.165, 1.54) is 7.11 Å². The predicted molar refractivity (Wildman–Crippen MR) is 173 cm³/mol. The Bertz CT molecular complexity index is 1530. The summed E-state index contributed by atoms with van der Waals surface area (Å²) in [5.41, 5.74) is 4.66. The lowest BCUT2D eigenvalue weighted by Gasteiger charge is -2.22. The summed E-state index contributed by atoms with van der Waals surface area (Å²) in [6.07, 6.45) is 1.94. The smallest absolute Gasteiger partial charge is 0.412 e. The van der Waals surface area contributed by atoms with Gasteiger partial charge in [0.1, 0.15) is 12.4 Å². The number of halogens is 1. The normalized spacial score (nSPS) is 14.8. The van der Waals surface area contributed by atoms with E-state index in [4.69, 9.17) is 28.4 Å². The van der Waals surface area contributed by atoms with Crippen LogP contribution in [0.4, 0.5) is 16.2 Å². The molecular formula is C33H36BrN3O8. The fraction of sp³-hybridized carbons (Fsp3) is 0.364. The zero-order chi connectivity index (χ0) is 31.6. The molecule has 0 saturated carbocycles. The summed E-state index contributed by atoms with van der Waals surface area (Å²) in [6.45, 7) is 2.69. The average molecular weight is 683 g/mol. The first kappa shape index (κ1) is 32.4. The Morgan fingerprint density at radius 3 is 2.56 bits per heavy atom. The zero-order valence-electron chi connectivity index (χ0n) is 25.3. The minimum atomic E-state index is -0.591. The summed E-state index contributed by atoms with van der Waals surface area (Å²) < 4.78 is 33.0. The second-order valence-electron chi connectivity index (χ2n) is 10.3. The van der Waals surface area contributed by atoms with Crippen LogP contribution in [0.3, 0.4) is 0 Å². The third-order valence-electron chi connectivity index (χ3n) is 7.23. The number of ether oxygens (including phenoxy) is 6. The summed E-state index contributed by atoms with van der Waals surface area (Å²) in [6, 6.07) is 16.6. The third kappa shape index (κ3) is 8.20. The van der Waals surface area contributed by atoms with Gasteiger partial charge in [0.25, 0.3) is 5.91 Å². The molecule has 0 aliphatic carbocycles. The molecule has 0 unspecified atom stereocenters. The van der Waals surface area contributed by atoms with Crippen molar-refractivity contribution in [2.45, 2.75) is 24.4 Å². The summed E-state index contributed by atoms with van der Waals surface area (Å²) in [4.78, 5) is 32.5. The second-order valence-corrected chi connectivity index (χ2v) is 10.9. The molecule has 3 aromatic rings. The van der Waals surface area contributed by atoms with Crippen molar-refractivity contribution in [2.24, 2.45) is 4.99 Å². The van der Waals surface area contributed by atoms with Gasteiger partial charge in [-0.05, 0) is 41.0 Å². The van der Waals surface area contributed by atoms with E-state index in [1.54, 1.807) is 36.3 Å². The first-order valence-electron chi connectivity index (χ1n) is 14.6. The van der Waals surface area contributed by atoms with Crippen molar-refractivity contribution in [1.29, 1.82) is 0 Å². The van der Waals surface area contributed by atoms with Crippen LogP contribution in [0.1, 0.15) is 27.0 Å². The molecule has 0 aromatic heterocycles. The van der Waals surface area contributed by atoms with Crippen molar-refractivity contribution in [2.75, 3.05) is 58.7 Å². The van der Waals surface area contributed by atoms with E-state index in [9.17, 15) is 9.59 Å². The van der Waals surface area contributed by atoms with E-state index in [1.807, 2.05) is 36.5 Å². The molecule has 12 heteroatoms. The number of hydrogen-bond donors (Lipinski definition) is 1. The number of benzene rings is 3. The molecule has 2 aliphatic heterocycles. The molecule has 0 spiro atoms. The van der Waals surface area contributed by atoms with E-state index in [0.29, 0.717) is 79.8 Å². The van der Waals surface area contributed by atoms with Crippen molar-refractivity contribution >= 4 is 45.5 Å². The monoisotopic (exact) mass is 681 g/mol. The lowest BCUT2D eigenvalue weighted by Crippen LogP contribution is -2.37. The molecule has 45 heavy (non-hydrogen) atoms. The van der Waals surface area contributed by atoms with Crippen LogP contribution in [0, 0.1) is 0 Å². The molecule has 0 saturated heterocycles. The summed E-state index contributed by atoms with van der Waals surface area (Å²) >= 11 is 3.48. The molecule has 1 N–H and O–H groups in total. The van der Waals surface area contributed by atoms with Gasteiger partial charge in [0, 0.05) is 43.4 Å². The highest BCUT2D eigenvalue weighted by Gasteiger charge is 2.36. The van der Waals surface area contributed by atoms with E-state index < -0.39 is 6.09 Å². The Labute approximate surface area is 270 Å². The quantitative estimate of drug-likeness (QED) is 0.171. The average Bonchev–Trinajstić information content (AvgIpc) is 3.37. The molecule has 11 nitrogen and oxygen atoms in total. The van der Waals surface area contributed by atoms with Crippen LogP contribution in [-0.2, 0) is 32.6 Å². The Balaban J connectivity index is 1.20. The molecule has 0 radical (unpaired) electrons. The molecule has 1 atom stereocenters. The molecule has 2 heterocycles. The summed E-state index contributed by atoms with van der Waals surface area (Å²) in [7, 11) is 3.15. The van der Waals surface area contributed by atoms with Gasteiger partial charge in [-0.15, -0.1) is 0 Å². The largest absolute Gasteiger partial charge is 0.493 e. The maximum absolute atomic E-state index is 13.7. The van der Waals surface area contributed by atoms with Gasteiger partial charge in [0.05, 0.1) is 57.4 Å². The highest BCUT2D eigenvalue weighted by molar-refractivity contribution is 9.08. The van der Waals surface area contributed by atoms with Gasteiger partial charge in [-0.2, -0.15) is 0 Å². The van der Waals surface area contributed by atoms with Crippen LogP contribution in [-0.4, -0.2) is 78.1 Å². The number of carbonyl (C=O) groups is 2. The molecule has 5 rings (SSSR count). The maximum Gasteiger partial charge on any atom is 0.412 e. The third-order valence-corrected chi connectivity index (χ3v) is 7.88.